The van der Waals surface area contributed by atoms with E-state index in [1.165, 1.54) is 0 Å². The zero-order valence-electron chi connectivity index (χ0n) is 10.6. The lowest BCUT2D eigenvalue weighted by atomic mass is 9.79. The summed E-state index contributed by atoms with van der Waals surface area (Å²) in [5.74, 6) is 0.937. The van der Waals surface area contributed by atoms with E-state index >= 15 is 0 Å². The van der Waals surface area contributed by atoms with Crippen molar-refractivity contribution in [2.75, 3.05) is 0 Å². The fourth-order valence-corrected chi connectivity index (χ4v) is 2.82. The fourth-order valence-electron chi connectivity index (χ4n) is 2.82. The van der Waals surface area contributed by atoms with Gasteiger partial charge in [0.15, 0.2) is 0 Å². The van der Waals surface area contributed by atoms with Gasteiger partial charge in [-0.05, 0) is 31.4 Å². The Morgan fingerprint density at radius 2 is 2.44 bits per heavy atom. The maximum absolute atomic E-state index is 10.9. The molecule has 0 spiro atoms. The molecule has 3 rings (SSSR count). The molecule has 2 aromatic heterocycles. The number of fused-ring (bicyclic) bond motifs is 1. The Labute approximate surface area is 106 Å². The van der Waals surface area contributed by atoms with Gasteiger partial charge >= 0.3 is 0 Å². The topological polar surface area (TPSA) is 51.2 Å². The molecule has 1 aliphatic rings. The average molecular weight is 246 g/mol. The fraction of sp³-hybridized carbons (Fsp3) is 0.500. The third-order valence-corrected chi connectivity index (χ3v) is 3.75. The van der Waals surface area contributed by atoms with Crippen molar-refractivity contribution in [2.45, 2.75) is 44.8 Å². The van der Waals surface area contributed by atoms with Gasteiger partial charge < -0.3 is 9.52 Å². The molecule has 4 nitrogen and oxygen atoms in total. The number of hydrogen-bond acceptors (Lipinski definition) is 3. The van der Waals surface area contributed by atoms with Gasteiger partial charge in [-0.15, -0.1) is 0 Å². The monoisotopic (exact) mass is 246 g/mol. The minimum Gasteiger partial charge on any atom is -0.469 e. The second kappa shape index (κ2) is 4.28. The summed E-state index contributed by atoms with van der Waals surface area (Å²) in [6, 6.07) is 1.90. The van der Waals surface area contributed by atoms with Gasteiger partial charge in [-0.3, -0.25) is 4.68 Å². The number of furan rings is 1. The van der Waals surface area contributed by atoms with Crippen LogP contribution in [0.3, 0.4) is 0 Å². The summed E-state index contributed by atoms with van der Waals surface area (Å²) in [6.07, 6.45) is 8.83. The highest BCUT2D eigenvalue weighted by atomic mass is 16.3. The molecule has 0 amide bonds. The first-order chi connectivity index (χ1) is 8.71. The Kier molecular flexibility index (Phi) is 2.74. The third kappa shape index (κ3) is 1.86. The van der Waals surface area contributed by atoms with Crippen molar-refractivity contribution in [3.05, 3.63) is 41.6 Å². The first-order valence-corrected chi connectivity index (χ1v) is 6.52. The smallest absolute Gasteiger partial charge is 0.109 e. The van der Waals surface area contributed by atoms with Crippen LogP contribution in [-0.4, -0.2) is 14.9 Å². The van der Waals surface area contributed by atoms with Crippen LogP contribution in [0.15, 0.2) is 29.1 Å². The highest BCUT2D eigenvalue weighted by molar-refractivity contribution is 5.29. The highest BCUT2D eigenvalue weighted by Crippen LogP contribution is 2.38. The van der Waals surface area contributed by atoms with Crippen molar-refractivity contribution in [1.82, 2.24) is 9.78 Å². The quantitative estimate of drug-likeness (QED) is 0.903. The van der Waals surface area contributed by atoms with Crippen LogP contribution in [-0.2, 0) is 25.0 Å². The molecule has 2 aromatic rings. The predicted molar refractivity (Wildman–Crippen MR) is 67.1 cm³/mol. The van der Waals surface area contributed by atoms with Crippen LogP contribution in [0, 0.1) is 0 Å². The molecule has 0 radical (unpaired) electrons. The van der Waals surface area contributed by atoms with Crippen LogP contribution in [0.4, 0.5) is 0 Å². The minimum absolute atomic E-state index is 0.611. The van der Waals surface area contributed by atoms with E-state index in [1.807, 2.05) is 23.1 Å². The first-order valence-electron chi connectivity index (χ1n) is 6.52. The largest absolute Gasteiger partial charge is 0.469 e. The van der Waals surface area contributed by atoms with Gasteiger partial charge in [0, 0.05) is 31.1 Å². The zero-order chi connectivity index (χ0) is 12.6. The molecule has 0 aliphatic heterocycles. The zero-order valence-corrected chi connectivity index (χ0v) is 10.6. The second-order valence-electron chi connectivity index (χ2n) is 5.02. The molecule has 96 valence electrons. The lowest BCUT2D eigenvalue weighted by Gasteiger charge is -2.31. The molecular formula is C14H18N2O2. The van der Waals surface area contributed by atoms with Crippen molar-refractivity contribution < 1.29 is 9.52 Å². The normalized spacial score (nSPS) is 23.0. The van der Waals surface area contributed by atoms with Gasteiger partial charge in [-0.25, -0.2) is 0 Å². The molecule has 0 saturated heterocycles. The van der Waals surface area contributed by atoms with Crippen LogP contribution in [0.25, 0.3) is 0 Å². The van der Waals surface area contributed by atoms with Crippen molar-refractivity contribution in [2.24, 2.45) is 0 Å². The summed E-state index contributed by atoms with van der Waals surface area (Å²) in [5.41, 5.74) is 1.24. The summed E-state index contributed by atoms with van der Waals surface area (Å²) in [6.45, 7) is 2.91. The van der Waals surface area contributed by atoms with E-state index in [0.29, 0.717) is 6.42 Å². The molecule has 0 saturated carbocycles. The Balaban J connectivity index is 1.88. The van der Waals surface area contributed by atoms with E-state index in [1.54, 1.807) is 6.26 Å². The summed E-state index contributed by atoms with van der Waals surface area (Å²) in [4.78, 5) is 0. The van der Waals surface area contributed by atoms with E-state index in [0.717, 1.165) is 42.7 Å². The molecule has 1 unspecified atom stereocenters. The Morgan fingerprint density at radius 3 is 3.22 bits per heavy atom. The van der Waals surface area contributed by atoms with Gasteiger partial charge in [-0.2, -0.15) is 5.10 Å². The van der Waals surface area contributed by atoms with Crippen LogP contribution in [0.2, 0.25) is 0 Å². The maximum Gasteiger partial charge on any atom is 0.109 e. The molecule has 1 N–H and O–H groups in total. The molecule has 1 atom stereocenters. The van der Waals surface area contributed by atoms with E-state index in [2.05, 4.69) is 12.0 Å². The summed E-state index contributed by atoms with van der Waals surface area (Å²) < 4.78 is 7.32. The standard InChI is InChI=1S/C14H18N2O2/c1-2-16-10-11(9-15-16)8-14(17)6-3-4-13-12(14)5-7-18-13/h5,7,9-10,17H,2-4,6,8H2,1H3. The Hall–Kier alpha value is -1.55. The molecule has 18 heavy (non-hydrogen) atoms. The number of nitrogens with zero attached hydrogens (tertiary/aromatic N) is 2. The van der Waals surface area contributed by atoms with Crippen molar-refractivity contribution in [3.63, 3.8) is 0 Å². The first kappa shape index (κ1) is 11.5. The SMILES string of the molecule is CCn1cc(CC2(O)CCCc3occc32)cn1. The van der Waals surface area contributed by atoms with E-state index in [-0.39, 0.29) is 0 Å². The van der Waals surface area contributed by atoms with Crippen LogP contribution < -0.4 is 0 Å². The Bertz CT molecular complexity index is 543. The van der Waals surface area contributed by atoms with Gasteiger partial charge in [0.2, 0.25) is 0 Å². The van der Waals surface area contributed by atoms with E-state index in [9.17, 15) is 5.11 Å². The second-order valence-corrected chi connectivity index (χ2v) is 5.02. The average Bonchev–Trinajstić information content (AvgIpc) is 2.98. The Morgan fingerprint density at radius 1 is 1.56 bits per heavy atom. The maximum atomic E-state index is 10.9. The minimum atomic E-state index is -0.789. The molecule has 4 heteroatoms. The lowest BCUT2D eigenvalue weighted by molar-refractivity contribution is 0.0168. The van der Waals surface area contributed by atoms with Gasteiger partial charge in [-0.1, -0.05) is 0 Å². The van der Waals surface area contributed by atoms with Crippen LogP contribution in [0.5, 0.6) is 0 Å². The summed E-state index contributed by atoms with van der Waals surface area (Å²) in [5, 5.41) is 15.1. The van der Waals surface area contributed by atoms with Crippen molar-refractivity contribution in [1.29, 1.82) is 0 Å². The number of aliphatic hydroxyl groups is 1. The van der Waals surface area contributed by atoms with E-state index < -0.39 is 5.60 Å². The molecule has 0 fully saturated rings. The molecule has 0 aromatic carbocycles. The highest BCUT2D eigenvalue weighted by Gasteiger charge is 2.36. The van der Waals surface area contributed by atoms with Gasteiger partial charge in [0.25, 0.3) is 0 Å². The number of rotatable bonds is 3. The predicted octanol–water partition coefficient (Wildman–Crippen LogP) is 2.26. The van der Waals surface area contributed by atoms with Crippen molar-refractivity contribution >= 4 is 0 Å². The summed E-state index contributed by atoms with van der Waals surface area (Å²) >= 11 is 0. The van der Waals surface area contributed by atoms with Crippen LogP contribution in [0.1, 0.15) is 36.7 Å². The third-order valence-electron chi connectivity index (χ3n) is 3.75. The van der Waals surface area contributed by atoms with Gasteiger partial charge in [0.05, 0.1) is 18.1 Å². The molecule has 1 aliphatic carbocycles. The lowest BCUT2D eigenvalue weighted by Crippen LogP contribution is -2.32. The number of hydrogen-bond donors (Lipinski definition) is 1. The molecule has 0 bridgehead atoms. The molecule has 2 heterocycles. The summed E-state index contributed by atoms with van der Waals surface area (Å²) in [7, 11) is 0. The number of aryl methyl sites for hydroxylation is 2. The molecular weight excluding hydrogens is 228 g/mol. The number of aromatic nitrogens is 2. The van der Waals surface area contributed by atoms with Crippen LogP contribution >= 0.6 is 0 Å². The van der Waals surface area contributed by atoms with E-state index in [4.69, 9.17) is 4.42 Å². The van der Waals surface area contributed by atoms with Gasteiger partial charge in [0.1, 0.15) is 5.76 Å². The van der Waals surface area contributed by atoms with Crippen molar-refractivity contribution in [3.8, 4) is 0 Å².